The molecule has 0 aliphatic rings. The molecule has 2 aromatic carbocycles. The molecule has 6 nitrogen and oxygen atoms in total. The van der Waals surface area contributed by atoms with Crippen LogP contribution in [0.1, 0.15) is 29.7 Å². The van der Waals surface area contributed by atoms with Gasteiger partial charge in [0, 0.05) is 0 Å². The molecule has 33 heavy (non-hydrogen) atoms. The number of nitrogens with zero attached hydrogens (tertiary/aromatic N) is 1. The molecule has 0 spiro atoms. The molecule has 0 aliphatic heterocycles. The van der Waals surface area contributed by atoms with E-state index in [0.29, 0.717) is 12.1 Å². The van der Waals surface area contributed by atoms with Crippen LogP contribution in [-0.4, -0.2) is 32.1 Å². The van der Waals surface area contributed by atoms with Crippen molar-refractivity contribution in [2.45, 2.75) is 46.3 Å². The Morgan fingerprint density at radius 2 is 1.21 bits per heavy atom. The minimum Gasteiger partial charge on any atom is -0.235 e. The molecule has 0 radical (unpaired) electrons. The standard InChI is InChI=1S/C18H17F6NO5S3/c1-3-16(31(26,27)14-8-4-12(2)5-9-14)13-6-10-15(11-7-13)32(28,17(19,20)21)25-33(29,30)18(22,23)24/h4-11,16H,3H2,1-2H3. The molecule has 2 unspecified atom stereocenters. The average molecular weight is 538 g/mol. The van der Waals surface area contributed by atoms with Crippen LogP contribution in [0.3, 0.4) is 0 Å². The second-order valence-electron chi connectivity index (χ2n) is 6.79. The molecule has 15 heteroatoms. The molecule has 0 heterocycles. The number of aryl methyl sites for hydroxylation is 1. The van der Waals surface area contributed by atoms with Crippen molar-refractivity contribution in [1.82, 2.24) is 0 Å². The Morgan fingerprint density at radius 3 is 1.61 bits per heavy atom. The molecule has 2 aromatic rings. The lowest BCUT2D eigenvalue weighted by molar-refractivity contribution is -0.0442. The van der Waals surface area contributed by atoms with Crippen molar-refractivity contribution in [3.8, 4) is 0 Å². The van der Waals surface area contributed by atoms with E-state index in [1.165, 1.54) is 19.1 Å². The zero-order chi connectivity index (χ0) is 25.5. The summed E-state index contributed by atoms with van der Waals surface area (Å²) < 4.78 is 140. The highest BCUT2D eigenvalue weighted by Crippen LogP contribution is 2.38. The van der Waals surface area contributed by atoms with Crippen LogP contribution in [0.2, 0.25) is 0 Å². The summed E-state index contributed by atoms with van der Waals surface area (Å²) in [7, 11) is -16.9. The second kappa shape index (κ2) is 8.91. The monoisotopic (exact) mass is 537 g/mol. The molecule has 2 rings (SSSR count). The minimum absolute atomic E-state index is 0.0168. The number of sulfonamides is 1. The molecule has 0 amide bonds. The molecule has 0 bridgehead atoms. The van der Waals surface area contributed by atoms with Crippen LogP contribution >= 0.6 is 0 Å². The maximum absolute atomic E-state index is 13.4. The van der Waals surface area contributed by atoms with Gasteiger partial charge in [0.25, 0.3) is 0 Å². The average Bonchev–Trinajstić information content (AvgIpc) is 2.67. The summed E-state index contributed by atoms with van der Waals surface area (Å²) in [5, 5.41) is -1.24. The number of alkyl halides is 6. The first kappa shape index (κ1) is 27.1. The topological polar surface area (TPSA) is 97.7 Å². The van der Waals surface area contributed by atoms with Crippen molar-refractivity contribution in [2.24, 2.45) is 3.77 Å². The van der Waals surface area contributed by atoms with Gasteiger partial charge in [0.05, 0.1) is 15.0 Å². The maximum atomic E-state index is 13.4. The largest absolute Gasteiger partial charge is 0.519 e. The van der Waals surface area contributed by atoms with Gasteiger partial charge in [-0.1, -0.05) is 40.5 Å². The first-order valence-electron chi connectivity index (χ1n) is 8.93. The van der Waals surface area contributed by atoms with Crippen molar-refractivity contribution in [3.05, 3.63) is 59.7 Å². The fourth-order valence-corrected chi connectivity index (χ4v) is 7.49. The van der Waals surface area contributed by atoms with Crippen LogP contribution in [0.5, 0.6) is 0 Å². The summed E-state index contributed by atoms with van der Waals surface area (Å²) in [6, 6.07) is 8.35. The van der Waals surface area contributed by atoms with Gasteiger partial charge in [0.15, 0.2) is 19.6 Å². The predicted molar refractivity (Wildman–Crippen MR) is 108 cm³/mol. The first-order chi connectivity index (χ1) is 14.9. The lowest BCUT2D eigenvalue weighted by Crippen LogP contribution is -2.28. The molecule has 184 valence electrons. The fraction of sp³-hybridized carbons (Fsp3) is 0.333. The Kier molecular flexibility index (Phi) is 7.32. The molecule has 0 aliphatic carbocycles. The van der Waals surface area contributed by atoms with Gasteiger partial charge in [0.2, 0.25) is 0 Å². The van der Waals surface area contributed by atoms with E-state index in [-0.39, 0.29) is 16.9 Å². The van der Waals surface area contributed by atoms with Crippen molar-refractivity contribution < 1.29 is 47.4 Å². The molecular weight excluding hydrogens is 520 g/mol. The SMILES string of the molecule is CCC(c1ccc(S(=O)(=NS(=O)(=O)C(F)(F)F)C(F)(F)F)cc1)S(=O)(=O)c1ccc(C)cc1. The molecule has 0 saturated carbocycles. The Labute approximate surface area is 186 Å². The zero-order valence-corrected chi connectivity index (χ0v) is 19.3. The number of hydrogen-bond donors (Lipinski definition) is 0. The van der Waals surface area contributed by atoms with Gasteiger partial charge in [-0.15, -0.1) is 0 Å². The van der Waals surface area contributed by atoms with Crippen molar-refractivity contribution in [2.75, 3.05) is 0 Å². The van der Waals surface area contributed by atoms with E-state index in [9.17, 15) is 47.4 Å². The summed E-state index contributed by atoms with van der Waals surface area (Å²) in [6.07, 6.45) is -0.0168. The molecule has 0 N–H and O–H groups in total. The molecule has 0 aromatic heterocycles. The third-order valence-corrected chi connectivity index (χ3v) is 10.5. The third kappa shape index (κ3) is 5.35. The number of sulfone groups is 1. The normalized spacial score (nSPS) is 16.1. The number of halogens is 6. The molecule has 0 saturated heterocycles. The quantitative estimate of drug-likeness (QED) is 0.477. The van der Waals surface area contributed by atoms with E-state index < -0.39 is 50.8 Å². The Bertz CT molecular complexity index is 1340. The highest BCUT2D eigenvalue weighted by molar-refractivity contribution is 8.04. The van der Waals surface area contributed by atoms with Gasteiger partial charge >= 0.3 is 21.0 Å². The van der Waals surface area contributed by atoms with Gasteiger partial charge in [-0.25, -0.2) is 12.6 Å². The second-order valence-corrected chi connectivity index (χ2v) is 12.9. The zero-order valence-electron chi connectivity index (χ0n) is 16.9. The summed E-state index contributed by atoms with van der Waals surface area (Å²) in [5.41, 5.74) is -11.4. The van der Waals surface area contributed by atoms with E-state index >= 15 is 0 Å². The number of hydrogen-bond acceptors (Lipinski definition) is 5. The smallest absolute Gasteiger partial charge is 0.235 e. The van der Waals surface area contributed by atoms with E-state index in [2.05, 4.69) is 0 Å². The summed E-state index contributed by atoms with van der Waals surface area (Å²) in [4.78, 5) is -1.43. The van der Waals surface area contributed by atoms with Crippen molar-refractivity contribution in [3.63, 3.8) is 0 Å². The highest BCUT2D eigenvalue weighted by atomic mass is 32.3. The van der Waals surface area contributed by atoms with E-state index in [4.69, 9.17) is 0 Å². The molecule has 2 atom stereocenters. The van der Waals surface area contributed by atoms with Gasteiger partial charge < -0.3 is 0 Å². The number of rotatable bonds is 6. The first-order valence-corrected chi connectivity index (χ1v) is 13.4. The Morgan fingerprint density at radius 1 is 0.758 bits per heavy atom. The third-order valence-electron chi connectivity index (χ3n) is 4.48. The lowest BCUT2D eigenvalue weighted by Gasteiger charge is -2.18. The fourth-order valence-electron chi connectivity index (χ4n) is 2.79. The summed E-state index contributed by atoms with van der Waals surface area (Å²) >= 11 is 0. The van der Waals surface area contributed by atoms with Crippen LogP contribution in [0.15, 0.2) is 62.1 Å². The highest BCUT2D eigenvalue weighted by Gasteiger charge is 2.52. The summed E-state index contributed by atoms with van der Waals surface area (Å²) in [5.74, 6) is 0. The van der Waals surface area contributed by atoms with Gasteiger partial charge in [-0.3, -0.25) is 0 Å². The summed E-state index contributed by atoms with van der Waals surface area (Å²) in [6.45, 7) is 3.23. The minimum atomic E-state index is -6.75. The van der Waals surface area contributed by atoms with E-state index in [1.807, 2.05) is 0 Å². The van der Waals surface area contributed by atoms with Crippen molar-refractivity contribution >= 4 is 29.6 Å². The van der Waals surface area contributed by atoms with Gasteiger partial charge in [-0.2, -0.15) is 34.8 Å². The van der Waals surface area contributed by atoms with E-state index in [0.717, 1.165) is 17.7 Å². The van der Waals surface area contributed by atoms with E-state index in [1.54, 1.807) is 22.8 Å². The Hall–Kier alpha value is -2.13. The van der Waals surface area contributed by atoms with Crippen LogP contribution in [0, 0.1) is 6.92 Å². The van der Waals surface area contributed by atoms with Crippen LogP contribution in [0.25, 0.3) is 0 Å². The maximum Gasteiger partial charge on any atom is 0.519 e. The number of benzene rings is 2. The van der Waals surface area contributed by atoms with Crippen molar-refractivity contribution in [1.29, 1.82) is 0 Å². The predicted octanol–water partition coefficient (Wildman–Crippen LogP) is 5.12. The van der Waals surface area contributed by atoms with Crippen LogP contribution in [-0.2, 0) is 29.6 Å². The van der Waals surface area contributed by atoms with Crippen LogP contribution in [0.4, 0.5) is 26.3 Å². The van der Waals surface area contributed by atoms with Gasteiger partial charge in [0.1, 0.15) is 0 Å². The van der Waals surface area contributed by atoms with Gasteiger partial charge in [-0.05, 0) is 43.2 Å². The lowest BCUT2D eigenvalue weighted by atomic mass is 10.1. The Balaban J connectivity index is 2.63. The van der Waals surface area contributed by atoms with Crippen LogP contribution < -0.4 is 0 Å². The molecular formula is C18H17F6NO5S3. The molecule has 0 fully saturated rings.